The molecule has 1 N–H and O–H groups in total. The van der Waals surface area contributed by atoms with Crippen LogP contribution >= 0.6 is 0 Å². The number of amides is 1. The van der Waals surface area contributed by atoms with Gasteiger partial charge < -0.3 is 9.88 Å². The lowest BCUT2D eigenvalue weighted by Crippen LogP contribution is -2.33. The molecule has 0 saturated carbocycles. The number of anilines is 1. The first-order valence-electron chi connectivity index (χ1n) is 9.43. The average Bonchev–Trinajstić information content (AvgIpc) is 3.05. The highest BCUT2D eigenvalue weighted by Crippen LogP contribution is 2.20. The van der Waals surface area contributed by atoms with E-state index in [4.69, 9.17) is 0 Å². The fourth-order valence-electron chi connectivity index (χ4n) is 2.73. The summed E-state index contributed by atoms with van der Waals surface area (Å²) < 4.78 is 65.0. The van der Waals surface area contributed by atoms with Crippen LogP contribution in [0.5, 0.6) is 0 Å². The zero-order valence-corrected chi connectivity index (χ0v) is 18.5. The van der Waals surface area contributed by atoms with Gasteiger partial charge in [-0.05, 0) is 45.2 Å². The van der Waals surface area contributed by atoms with Gasteiger partial charge in [0.05, 0.1) is 18.0 Å². The SMILES string of the molecule is CC(C)N(C)S(=O)(=O)c1ccc(NC(=O)CN(C)Cc2nccn2CC(F)(F)F)cc1. The summed E-state index contributed by atoms with van der Waals surface area (Å²) in [5.74, 6) is -0.206. The highest BCUT2D eigenvalue weighted by atomic mass is 32.2. The van der Waals surface area contributed by atoms with Gasteiger partial charge in [-0.25, -0.2) is 13.4 Å². The Labute approximate surface area is 179 Å². The highest BCUT2D eigenvalue weighted by Gasteiger charge is 2.29. The van der Waals surface area contributed by atoms with Gasteiger partial charge in [0.2, 0.25) is 15.9 Å². The first-order chi connectivity index (χ1) is 14.3. The number of hydrogen-bond donors (Lipinski definition) is 1. The second-order valence-electron chi connectivity index (χ2n) is 7.45. The summed E-state index contributed by atoms with van der Waals surface area (Å²) in [5, 5.41) is 2.64. The van der Waals surface area contributed by atoms with Crippen molar-refractivity contribution in [2.75, 3.05) is 26.0 Å². The number of alkyl halides is 3. The van der Waals surface area contributed by atoms with Gasteiger partial charge in [0.15, 0.2) is 0 Å². The molecule has 0 spiro atoms. The maximum atomic E-state index is 12.6. The van der Waals surface area contributed by atoms with E-state index >= 15 is 0 Å². The van der Waals surface area contributed by atoms with E-state index in [0.29, 0.717) is 5.69 Å². The summed E-state index contributed by atoms with van der Waals surface area (Å²) in [4.78, 5) is 17.8. The van der Waals surface area contributed by atoms with Crippen LogP contribution in [0.25, 0.3) is 0 Å². The molecule has 1 aromatic heterocycles. The third kappa shape index (κ3) is 7.04. The van der Waals surface area contributed by atoms with E-state index < -0.39 is 28.7 Å². The summed E-state index contributed by atoms with van der Waals surface area (Å²) in [6, 6.07) is 5.57. The second kappa shape index (κ2) is 9.79. The minimum atomic E-state index is -4.37. The predicted molar refractivity (Wildman–Crippen MR) is 110 cm³/mol. The smallest absolute Gasteiger partial charge is 0.325 e. The van der Waals surface area contributed by atoms with E-state index in [9.17, 15) is 26.4 Å². The van der Waals surface area contributed by atoms with Crippen LogP contribution < -0.4 is 5.32 Å². The van der Waals surface area contributed by atoms with Crippen LogP contribution in [0, 0.1) is 0 Å². The number of carbonyl (C=O) groups excluding carboxylic acids is 1. The van der Waals surface area contributed by atoms with Crippen LogP contribution in [0.15, 0.2) is 41.6 Å². The van der Waals surface area contributed by atoms with Crippen molar-refractivity contribution in [3.05, 3.63) is 42.5 Å². The lowest BCUT2D eigenvalue weighted by Gasteiger charge is -2.21. The molecule has 12 heteroatoms. The summed E-state index contributed by atoms with van der Waals surface area (Å²) >= 11 is 0. The molecule has 0 aliphatic heterocycles. The Bertz CT molecular complexity index is 988. The normalized spacial score (nSPS) is 12.7. The first kappa shape index (κ1) is 24.8. The van der Waals surface area contributed by atoms with Gasteiger partial charge in [0.25, 0.3) is 0 Å². The molecule has 0 aliphatic carbocycles. The molecule has 1 amide bonds. The van der Waals surface area contributed by atoms with E-state index in [2.05, 4.69) is 10.3 Å². The Morgan fingerprint density at radius 2 is 1.81 bits per heavy atom. The lowest BCUT2D eigenvalue weighted by atomic mass is 10.3. The molecule has 0 radical (unpaired) electrons. The van der Waals surface area contributed by atoms with Gasteiger partial charge in [-0.3, -0.25) is 9.69 Å². The fraction of sp³-hybridized carbons (Fsp3) is 0.474. The van der Waals surface area contributed by atoms with Crippen molar-refractivity contribution >= 4 is 21.6 Å². The predicted octanol–water partition coefficient (Wildman–Crippen LogP) is 2.54. The number of hydrogen-bond acceptors (Lipinski definition) is 5. The number of carbonyl (C=O) groups is 1. The van der Waals surface area contributed by atoms with Crippen LogP contribution in [0.1, 0.15) is 19.7 Å². The van der Waals surface area contributed by atoms with Crippen molar-refractivity contribution in [2.45, 2.75) is 44.1 Å². The number of likely N-dealkylation sites (N-methyl/N-ethyl adjacent to an activating group) is 1. The largest absolute Gasteiger partial charge is 0.406 e. The molecule has 1 heterocycles. The Morgan fingerprint density at radius 3 is 2.35 bits per heavy atom. The summed E-state index contributed by atoms with van der Waals surface area (Å²) in [6.45, 7) is 2.34. The number of benzene rings is 1. The zero-order valence-electron chi connectivity index (χ0n) is 17.7. The molecule has 2 aromatic rings. The fourth-order valence-corrected chi connectivity index (χ4v) is 4.09. The van der Waals surface area contributed by atoms with E-state index in [1.54, 1.807) is 20.9 Å². The molecule has 0 bridgehead atoms. The maximum Gasteiger partial charge on any atom is 0.406 e. The third-order valence-corrected chi connectivity index (χ3v) is 6.57. The minimum Gasteiger partial charge on any atom is -0.325 e. The molecular weight excluding hydrogens is 435 g/mol. The molecule has 0 fully saturated rings. The number of aromatic nitrogens is 2. The third-order valence-electron chi connectivity index (χ3n) is 4.52. The average molecular weight is 462 g/mol. The van der Waals surface area contributed by atoms with Gasteiger partial charge in [0.1, 0.15) is 12.4 Å². The minimum absolute atomic E-state index is 0.0508. The Kier molecular flexibility index (Phi) is 7.84. The van der Waals surface area contributed by atoms with Crippen LogP contribution in [-0.2, 0) is 27.9 Å². The van der Waals surface area contributed by atoms with Crippen molar-refractivity contribution in [1.29, 1.82) is 0 Å². The van der Waals surface area contributed by atoms with Crippen LogP contribution in [0.3, 0.4) is 0 Å². The van der Waals surface area contributed by atoms with E-state index in [-0.39, 0.29) is 29.9 Å². The number of imidazole rings is 1. The molecule has 0 atom stereocenters. The lowest BCUT2D eigenvalue weighted by molar-refractivity contribution is -0.141. The summed E-state index contributed by atoms with van der Waals surface area (Å²) in [6.07, 6.45) is -1.85. The van der Waals surface area contributed by atoms with Crippen LogP contribution in [0.4, 0.5) is 18.9 Å². The molecule has 2 rings (SSSR count). The maximum absolute atomic E-state index is 12.6. The van der Waals surface area contributed by atoms with Gasteiger partial charge in [0, 0.05) is 31.2 Å². The quantitative estimate of drug-likeness (QED) is 0.620. The Balaban J connectivity index is 1.95. The molecule has 31 heavy (non-hydrogen) atoms. The standard InChI is InChI=1S/C19H26F3N5O3S/c1-14(2)26(4)31(29,30)16-7-5-15(6-8-16)24-18(28)12-25(3)11-17-23-9-10-27(17)13-19(20,21)22/h5-10,14H,11-13H2,1-4H3,(H,24,28). The van der Waals surface area contributed by atoms with Gasteiger partial charge >= 0.3 is 6.18 Å². The van der Waals surface area contributed by atoms with Gasteiger partial charge in [-0.2, -0.15) is 17.5 Å². The van der Waals surface area contributed by atoms with Gasteiger partial charge in [-0.1, -0.05) is 0 Å². The Hall–Kier alpha value is -2.44. The number of halogens is 3. The van der Waals surface area contributed by atoms with Crippen molar-refractivity contribution in [3.8, 4) is 0 Å². The first-order valence-corrected chi connectivity index (χ1v) is 10.9. The number of nitrogens with zero attached hydrogens (tertiary/aromatic N) is 4. The van der Waals surface area contributed by atoms with E-state index in [1.807, 2.05) is 0 Å². The molecule has 1 aromatic carbocycles. The van der Waals surface area contributed by atoms with Crippen LogP contribution in [0.2, 0.25) is 0 Å². The van der Waals surface area contributed by atoms with E-state index in [0.717, 1.165) is 4.57 Å². The monoisotopic (exact) mass is 461 g/mol. The summed E-state index contributed by atoms with van der Waals surface area (Å²) in [7, 11) is -0.547. The van der Waals surface area contributed by atoms with Crippen molar-refractivity contribution in [3.63, 3.8) is 0 Å². The number of nitrogens with one attached hydrogen (secondary N) is 1. The topological polar surface area (TPSA) is 87.5 Å². The summed E-state index contributed by atoms with van der Waals surface area (Å²) in [5.41, 5.74) is 0.406. The molecule has 8 nitrogen and oxygen atoms in total. The molecule has 0 saturated heterocycles. The molecule has 0 unspecified atom stereocenters. The van der Waals surface area contributed by atoms with Crippen LogP contribution in [-0.4, -0.2) is 65.9 Å². The van der Waals surface area contributed by atoms with E-state index in [1.165, 1.54) is 52.9 Å². The molecule has 172 valence electrons. The molecular formula is C19H26F3N5O3S. The highest BCUT2D eigenvalue weighted by molar-refractivity contribution is 7.89. The van der Waals surface area contributed by atoms with Gasteiger partial charge in [-0.15, -0.1) is 0 Å². The van der Waals surface area contributed by atoms with Crippen molar-refractivity contribution < 1.29 is 26.4 Å². The number of sulfonamides is 1. The zero-order chi connectivity index (χ0) is 23.4. The van der Waals surface area contributed by atoms with Crippen molar-refractivity contribution in [1.82, 2.24) is 18.8 Å². The Morgan fingerprint density at radius 1 is 1.19 bits per heavy atom. The number of rotatable bonds is 9. The van der Waals surface area contributed by atoms with Crippen molar-refractivity contribution in [2.24, 2.45) is 0 Å². The molecule has 0 aliphatic rings. The second-order valence-corrected chi connectivity index (χ2v) is 9.44.